The van der Waals surface area contributed by atoms with Crippen molar-refractivity contribution in [2.24, 2.45) is 0 Å². The summed E-state index contributed by atoms with van der Waals surface area (Å²) in [6, 6.07) is 12.1. The van der Waals surface area contributed by atoms with Crippen LogP contribution >= 0.6 is 0 Å². The van der Waals surface area contributed by atoms with Gasteiger partial charge in [0.15, 0.2) is 0 Å². The van der Waals surface area contributed by atoms with Crippen LogP contribution in [0.25, 0.3) is 10.9 Å². The topological polar surface area (TPSA) is 130 Å². The molecule has 10 heteroatoms. The summed E-state index contributed by atoms with van der Waals surface area (Å²) in [6.07, 6.45) is 1.28. The summed E-state index contributed by atoms with van der Waals surface area (Å²) in [5, 5.41) is 4.79. The number of carbonyl (C=O) groups excluding carboxylic acids is 4. The number of imide groups is 2. The number of fused-ring (bicyclic) bond motifs is 2. The van der Waals surface area contributed by atoms with Gasteiger partial charge < -0.3 is 5.32 Å². The van der Waals surface area contributed by atoms with Crippen LogP contribution in [0.5, 0.6) is 0 Å². The first-order valence-electron chi connectivity index (χ1n) is 8.93. The van der Waals surface area contributed by atoms with Crippen LogP contribution in [0.3, 0.4) is 0 Å². The number of para-hydroxylation sites is 1. The number of hydrogen-bond acceptors (Lipinski definition) is 6. The Morgan fingerprint density at radius 3 is 2.23 bits per heavy atom. The largest absolute Gasteiger partial charge is 0.322 e. The summed E-state index contributed by atoms with van der Waals surface area (Å²) in [5.74, 6) is -2.04. The maximum absolute atomic E-state index is 12.4. The van der Waals surface area contributed by atoms with Gasteiger partial charge in [0.1, 0.15) is 13.2 Å². The van der Waals surface area contributed by atoms with Crippen molar-refractivity contribution in [2.45, 2.75) is 6.67 Å². The molecule has 0 aliphatic carbocycles. The predicted octanol–water partition coefficient (Wildman–Crippen LogP) is 0.476. The third-order valence-corrected chi connectivity index (χ3v) is 4.57. The highest BCUT2D eigenvalue weighted by atomic mass is 16.2. The molecule has 30 heavy (non-hydrogen) atoms. The summed E-state index contributed by atoms with van der Waals surface area (Å²) >= 11 is 0. The maximum atomic E-state index is 12.4. The summed E-state index contributed by atoms with van der Waals surface area (Å²) in [6.45, 7) is -0.819. The zero-order chi connectivity index (χ0) is 21.3. The number of amides is 5. The van der Waals surface area contributed by atoms with E-state index in [0.717, 1.165) is 4.90 Å². The average Bonchev–Trinajstić information content (AvgIpc) is 2.98. The van der Waals surface area contributed by atoms with Gasteiger partial charge in [-0.15, -0.1) is 0 Å². The molecule has 0 atom stereocenters. The Labute approximate surface area is 169 Å². The van der Waals surface area contributed by atoms with Crippen molar-refractivity contribution in [3.63, 3.8) is 0 Å². The number of nitrogens with zero attached hydrogens (tertiary/aromatic N) is 3. The van der Waals surface area contributed by atoms with E-state index in [1.807, 2.05) is 5.32 Å². The minimum absolute atomic E-state index is 0.211. The van der Waals surface area contributed by atoms with E-state index >= 15 is 0 Å². The van der Waals surface area contributed by atoms with Gasteiger partial charge in [-0.3, -0.25) is 34.0 Å². The molecule has 2 heterocycles. The van der Waals surface area contributed by atoms with Gasteiger partial charge in [0.2, 0.25) is 5.91 Å². The van der Waals surface area contributed by atoms with Gasteiger partial charge in [-0.05, 0) is 24.3 Å². The van der Waals surface area contributed by atoms with Crippen molar-refractivity contribution in [1.29, 1.82) is 0 Å². The van der Waals surface area contributed by atoms with Crippen LogP contribution in [-0.4, -0.2) is 44.7 Å². The SMILES string of the molecule is O=C(CN1C(=O)c2ccccc2C1=O)NC(=O)NCn1cnc2ccccc2c1=O. The molecule has 3 aromatic rings. The van der Waals surface area contributed by atoms with E-state index < -0.39 is 30.3 Å². The Morgan fingerprint density at radius 2 is 1.53 bits per heavy atom. The monoisotopic (exact) mass is 405 g/mol. The quantitative estimate of drug-likeness (QED) is 0.607. The summed E-state index contributed by atoms with van der Waals surface area (Å²) < 4.78 is 1.18. The lowest BCUT2D eigenvalue weighted by molar-refractivity contribution is -0.120. The van der Waals surface area contributed by atoms with E-state index in [4.69, 9.17) is 0 Å². The number of urea groups is 1. The molecular weight excluding hydrogens is 390 g/mol. The number of aromatic nitrogens is 2. The highest BCUT2D eigenvalue weighted by Crippen LogP contribution is 2.21. The fourth-order valence-corrected chi connectivity index (χ4v) is 3.11. The molecule has 1 aliphatic heterocycles. The number of benzene rings is 2. The summed E-state index contributed by atoms with van der Waals surface area (Å²) in [5.41, 5.74) is 0.600. The fourth-order valence-electron chi connectivity index (χ4n) is 3.11. The highest BCUT2D eigenvalue weighted by Gasteiger charge is 2.36. The molecule has 1 aromatic heterocycles. The van der Waals surface area contributed by atoms with Crippen molar-refractivity contribution < 1.29 is 19.2 Å². The Morgan fingerprint density at radius 1 is 0.900 bits per heavy atom. The van der Waals surface area contributed by atoms with Crippen LogP contribution in [-0.2, 0) is 11.5 Å². The van der Waals surface area contributed by atoms with Gasteiger partial charge in [0, 0.05) is 0 Å². The molecule has 0 saturated carbocycles. The second kappa shape index (κ2) is 7.59. The minimum atomic E-state index is -0.878. The van der Waals surface area contributed by atoms with Crippen molar-refractivity contribution in [2.75, 3.05) is 6.54 Å². The zero-order valence-electron chi connectivity index (χ0n) is 15.5. The minimum Gasteiger partial charge on any atom is -0.320 e. The van der Waals surface area contributed by atoms with Gasteiger partial charge in [0.25, 0.3) is 17.4 Å². The van der Waals surface area contributed by atoms with Crippen LogP contribution in [0, 0.1) is 0 Å². The van der Waals surface area contributed by atoms with E-state index in [1.54, 1.807) is 36.4 Å². The normalized spacial score (nSPS) is 12.7. The third-order valence-electron chi connectivity index (χ3n) is 4.57. The molecule has 2 aromatic carbocycles. The molecule has 1 aliphatic rings. The van der Waals surface area contributed by atoms with Crippen LogP contribution in [0.4, 0.5) is 4.79 Å². The Kier molecular flexibility index (Phi) is 4.80. The second-order valence-corrected chi connectivity index (χ2v) is 6.49. The van der Waals surface area contributed by atoms with E-state index in [2.05, 4.69) is 10.3 Å². The molecule has 0 unspecified atom stereocenters. The molecule has 0 spiro atoms. The molecule has 0 saturated heterocycles. The lowest BCUT2D eigenvalue weighted by atomic mass is 10.1. The first kappa shape index (κ1) is 19.0. The van der Waals surface area contributed by atoms with Gasteiger partial charge in [-0.1, -0.05) is 24.3 Å². The second-order valence-electron chi connectivity index (χ2n) is 6.49. The Balaban J connectivity index is 1.35. The van der Waals surface area contributed by atoms with Crippen molar-refractivity contribution in [1.82, 2.24) is 25.1 Å². The molecule has 10 nitrogen and oxygen atoms in total. The van der Waals surface area contributed by atoms with E-state index in [9.17, 15) is 24.0 Å². The van der Waals surface area contributed by atoms with Crippen LogP contribution < -0.4 is 16.2 Å². The Bertz CT molecular complexity index is 1230. The lowest BCUT2D eigenvalue weighted by Crippen LogP contribution is -2.46. The molecule has 2 N–H and O–H groups in total. The van der Waals surface area contributed by atoms with Crippen LogP contribution in [0.2, 0.25) is 0 Å². The van der Waals surface area contributed by atoms with Crippen molar-refractivity contribution >= 4 is 34.7 Å². The molecule has 5 amide bonds. The highest BCUT2D eigenvalue weighted by molar-refractivity contribution is 6.22. The number of hydrogen-bond donors (Lipinski definition) is 2. The lowest BCUT2D eigenvalue weighted by Gasteiger charge is -2.13. The number of rotatable bonds is 4. The molecule has 0 radical (unpaired) electrons. The van der Waals surface area contributed by atoms with E-state index in [1.165, 1.54) is 23.0 Å². The molecule has 0 bridgehead atoms. The summed E-state index contributed by atoms with van der Waals surface area (Å²) in [7, 11) is 0. The van der Waals surface area contributed by atoms with Gasteiger partial charge in [0.05, 0.1) is 28.4 Å². The van der Waals surface area contributed by atoms with Crippen LogP contribution in [0.15, 0.2) is 59.7 Å². The fraction of sp³-hybridized carbons (Fsp3) is 0.100. The predicted molar refractivity (Wildman–Crippen MR) is 104 cm³/mol. The van der Waals surface area contributed by atoms with Gasteiger partial charge in [-0.25, -0.2) is 9.78 Å². The van der Waals surface area contributed by atoms with Crippen LogP contribution in [0.1, 0.15) is 20.7 Å². The average molecular weight is 405 g/mol. The maximum Gasteiger partial charge on any atom is 0.322 e. The van der Waals surface area contributed by atoms with E-state index in [0.29, 0.717) is 10.9 Å². The molecule has 150 valence electrons. The van der Waals surface area contributed by atoms with Crippen molar-refractivity contribution in [3.05, 3.63) is 76.3 Å². The first-order chi connectivity index (χ1) is 14.5. The first-order valence-corrected chi connectivity index (χ1v) is 8.93. The standard InChI is InChI=1S/C20H15N5O5/c26-16(9-25-18(28)12-5-1-2-6-13(12)19(25)29)23-20(30)22-11-24-10-21-15-8-4-3-7-14(15)17(24)27/h1-8,10H,9,11H2,(H2,22,23,26,30). The van der Waals surface area contributed by atoms with Gasteiger partial charge >= 0.3 is 6.03 Å². The van der Waals surface area contributed by atoms with Gasteiger partial charge in [-0.2, -0.15) is 0 Å². The van der Waals surface area contributed by atoms with Crippen molar-refractivity contribution in [3.8, 4) is 0 Å². The van der Waals surface area contributed by atoms with E-state index in [-0.39, 0.29) is 23.4 Å². The number of nitrogens with one attached hydrogen (secondary N) is 2. The number of carbonyl (C=O) groups is 4. The smallest absolute Gasteiger partial charge is 0.320 e. The third kappa shape index (κ3) is 3.41. The zero-order valence-corrected chi connectivity index (χ0v) is 15.5. The molecular formula is C20H15N5O5. The Hall–Kier alpha value is -4.34. The molecule has 4 rings (SSSR count). The molecule has 0 fully saturated rings. The summed E-state index contributed by atoms with van der Waals surface area (Å²) in [4.78, 5) is 65.9.